The fourth-order valence-corrected chi connectivity index (χ4v) is 3.38. The van der Waals surface area contributed by atoms with Crippen LogP contribution in [0, 0.1) is 0 Å². The van der Waals surface area contributed by atoms with Crippen molar-refractivity contribution in [3.05, 3.63) is 64.8 Å². The van der Waals surface area contributed by atoms with E-state index in [4.69, 9.17) is 25.6 Å². The Morgan fingerprint density at radius 1 is 1.17 bits per heavy atom. The number of fused-ring (bicyclic) bond motifs is 1. The Hall–Kier alpha value is -3.23. The highest BCUT2D eigenvalue weighted by Crippen LogP contribution is 2.32. The maximum absolute atomic E-state index is 6.05. The molecule has 0 N–H and O–H groups in total. The Labute approximate surface area is 171 Å². The number of halogens is 1. The number of aromatic nitrogens is 5. The molecule has 0 aliphatic carbocycles. The highest BCUT2D eigenvalue weighted by molar-refractivity contribution is 6.30. The van der Waals surface area contributed by atoms with E-state index < -0.39 is 0 Å². The van der Waals surface area contributed by atoms with Gasteiger partial charge >= 0.3 is 0 Å². The van der Waals surface area contributed by atoms with E-state index >= 15 is 0 Å². The predicted molar refractivity (Wildman–Crippen MR) is 104 cm³/mol. The van der Waals surface area contributed by atoms with E-state index in [1.165, 1.54) is 0 Å². The molecule has 146 valence electrons. The van der Waals surface area contributed by atoms with Crippen molar-refractivity contribution in [2.24, 2.45) is 0 Å². The lowest BCUT2D eigenvalue weighted by atomic mass is 10.1. The molecule has 3 heterocycles. The second-order valence-electron chi connectivity index (χ2n) is 6.57. The van der Waals surface area contributed by atoms with Crippen LogP contribution in [0.4, 0.5) is 0 Å². The van der Waals surface area contributed by atoms with E-state index in [1.807, 2.05) is 41.1 Å². The van der Waals surface area contributed by atoms with Crippen molar-refractivity contribution in [2.45, 2.75) is 19.3 Å². The summed E-state index contributed by atoms with van der Waals surface area (Å²) in [6.07, 6.45) is -0.139. The first-order chi connectivity index (χ1) is 14.2. The van der Waals surface area contributed by atoms with Gasteiger partial charge in [0.25, 0.3) is 5.89 Å². The number of ether oxygens (including phenoxy) is 2. The van der Waals surface area contributed by atoms with E-state index in [1.54, 1.807) is 19.2 Å². The molecule has 1 aliphatic heterocycles. The Balaban J connectivity index is 1.40. The van der Waals surface area contributed by atoms with Crippen LogP contribution in [0.5, 0.6) is 5.75 Å². The molecule has 0 bridgehead atoms. The molecule has 0 saturated carbocycles. The third-order valence-electron chi connectivity index (χ3n) is 4.79. The first-order valence-corrected chi connectivity index (χ1v) is 9.37. The van der Waals surface area contributed by atoms with Crippen LogP contribution < -0.4 is 4.74 Å². The van der Waals surface area contributed by atoms with Crippen LogP contribution in [0.15, 0.2) is 53.1 Å². The van der Waals surface area contributed by atoms with E-state index in [-0.39, 0.29) is 6.10 Å². The molecule has 0 spiro atoms. The average molecular weight is 410 g/mol. The van der Waals surface area contributed by atoms with Crippen molar-refractivity contribution < 1.29 is 14.0 Å². The first-order valence-electron chi connectivity index (χ1n) is 8.99. The first kappa shape index (κ1) is 17.8. The molecule has 0 amide bonds. The van der Waals surface area contributed by atoms with Crippen molar-refractivity contribution in [1.82, 2.24) is 25.1 Å². The molecule has 29 heavy (non-hydrogen) atoms. The zero-order valence-electron chi connectivity index (χ0n) is 15.4. The number of hydrogen-bond acceptors (Lipinski definition) is 7. The Morgan fingerprint density at radius 3 is 2.86 bits per heavy atom. The zero-order chi connectivity index (χ0) is 19.8. The minimum absolute atomic E-state index is 0.139. The summed E-state index contributed by atoms with van der Waals surface area (Å²) in [7, 11) is 1.64. The van der Waals surface area contributed by atoms with Gasteiger partial charge in [0.1, 0.15) is 11.9 Å². The van der Waals surface area contributed by atoms with Gasteiger partial charge in [0, 0.05) is 10.6 Å². The smallest absolute Gasteiger partial charge is 0.280 e. The van der Waals surface area contributed by atoms with Gasteiger partial charge in [-0.05, 0) is 42.0 Å². The van der Waals surface area contributed by atoms with Crippen LogP contribution in [-0.4, -0.2) is 32.2 Å². The van der Waals surface area contributed by atoms with Crippen LogP contribution >= 0.6 is 11.6 Å². The summed E-state index contributed by atoms with van der Waals surface area (Å²) >= 11 is 5.93. The van der Waals surface area contributed by atoms with Gasteiger partial charge in [0.05, 0.1) is 26.0 Å². The summed E-state index contributed by atoms with van der Waals surface area (Å²) in [5.41, 5.74) is 3.16. The summed E-state index contributed by atoms with van der Waals surface area (Å²) < 4.78 is 18.6. The third kappa shape index (κ3) is 3.37. The molecule has 1 atom stereocenters. The van der Waals surface area contributed by atoms with E-state index in [0.717, 1.165) is 22.6 Å². The van der Waals surface area contributed by atoms with Crippen LogP contribution in [-0.2, 0) is 17.9 Å². The van der Waals surface area contributed by atoms with Gasteiger partial charge in [-0.1, -0.05) is 34.1 Å². The second kappa shape index (κ2) is 7.31. The summed E-state index contributed by atoms with van der Waals surface area (Å²) in [6.45, 7) is 0.872. The molecule has 0 radical (unpaired) electrons. The molecule has 0 fully saturated rings. The molecule has 5 rings (SSSR count). The van der Waals surface area contributed by atoms with Gasteiger partial charge in [0.2, 0.25) is 5.82 Å². The van der Waals surface area contributed by atoms with Crippen molar-refractivity contribution in [3.63, 3.8) is 0 Å². The Morgan fingerprint density at radius 2 is 2.03 bits per heavy atom. The summed E-state index contributed by atoms with van der Waals surface area (Å²) in [4.78, 5) is 4.45. The van der Waals surface area contributed by atoms with Crippen LogP contribution in [0.3, 0.4) is 0 Å². The van der Waals surface area contributed by atoms with Crippen molar-refractivity contribution in [3.8, 4) is 28.7 Å². The second-order valence-corrected chi connectivity index (χ2v) is 7.01. The molecule has 0 unspecified atom stereocenters. The molecule has 8 nitrogen and oxygen atoms in total. The summed E-state index contributed by atoms with van der Waals surface area (Å²) in [5.74, 6) is 1.56. The number of benzene rings is 2. The number of rotatable bonds is 4. The molecular formula is C20H16ClN5O3. The lowest BCUT2D eigenvalue weighted by molar-refractivity contribution is -0.00127. The van der Waals surface area contributed by atoms with Gasteiger partial charge < -0.3 is 14.0 Å². The fourth-order valence-electron chi connectivity index (χ4n) is 3.26. The summed E-state index contributed by atoms with van der Waals surface area (Å²) in [6, 6.07) is 15.0. The molecule has 0 saturated heterocycles. The van der Waals surface area contributed by atoms with E-state index in [9.17, 15) is 0 Å². The van der Waals surface area contributed by atoms with Crippen LogP contribution in [0.2, 0.25) is 5.02 Å². The molecule has 4 aromatic rings. The minimum Gasteiger partial charge on any atom is -0.497 e. The van der Waals surface area contributed by atoms with Gasteiger partial charge in [-0.15, -0.1) is 5.10 Å². The maximum Gasteiger partial charge on any atom is 0.280 e. The Kier molecular flexibility index (Phi) is 4.49. The lowest BCUT2D eigenvalue weighted by Gasteiger charge is -2.24. The SMILES string of the molecule is COc1cccc([C@@H]2Cn3nnc(-c4nc(-c5ccc(Cl)cc5)no4)c3CO2)c1. The maximum atomic E-state index is 6.05. The topological polar surface area (TPSA) is 88.1 Å². The van der Waals surface area contributed by atoms with Gasteiger partial charge in [-0.2, -0.15) is 4.98 Å². The third-order valence-corrected chi connectivity index (χ3v) is 5.05. The lowest BCUT2D eigenvalue weighted by Crippen LogP contribution is -2.22. The van der Waals surface area contributed by atoms with Crippen molar-refractivity contribution in [2.75, 3.05) is 7.11 Å². The van der Waals surface area contributed by atoms with Gasteiger partial charge in [-0.3, -0.25) is 0 Å². The quantitative estimate of drug-likeness (QED) is 0.504. The van der Waals surface area contributed by atoms with Gasteiger partial charge in [-0.25, -0.2) is 4.68 Å². The number of methoxy groups -OCH3 is 1. The highest BCUT2D eigenvalue weighted by Gasteiger charge is 2.28. The fraction of sp³-hybridized carbons (Fsp3) is 0.200. The van der Waals surface area contributed by atoms with Crippen molar-refractivity contribution in [1.29, 1.82) is 0 Å². The minimum atomic E-state index is -0.139. The van der Waals surface area contributed by atoms with E-state index in [0.29, 0.717) is 35.6 Å². The van der Waals surface area contributed by atoms with Crippen LogP contribution in [0.1, 0.15) is 17.4 Å². The number of hydrogen-bond donors (Lipinski definition) is 0. The largest absolute Gasteiger partial charge is 0.497 e. The number of nitrogens with zero attached hydrogens (tertiary/aromatic N) is 5. The molecular weight excluding hydrogens is 394 g/mol. The zero-order valence-corrected chi connectivity index (χ0v) is 16.2. The van der Waals surface area contributed by atoms with Crippen molar-refractivity contribution >= 4 is 11.6 Å². The normalized spacial score (nSPS) is 15.9. The standard InChI is InChI=1S/C20H16ClN5O3/c1-27-15-4-2-3-13(9-15)17-10-26-16(11-28-17)18(23-25-26)20-22-19(24-29-20)12-5-7-14(21)8-6-12/h2-9,17H,10-11H2,1H3/t17-/m0/s1. The molecule has 2 aromatic heterocycles. The van der Waals surface area contributed by atoms with Gasteiger partial charge in [0.15, 0.2) is 5.69 Å². The summed E-state index contributed by atoms with van der Waals surface area (Å²) in [5, 5.41) is 13.2. The highest BCUT2D eigenvalue weighted by atomic mass is 35.5. The molecule has 2 aromatic carbocycles. The molecule has 1 aliphatic rings. The predicted octanol–water partition coefficient (Wildman–Crippen LogP) is 3.93. The van der Waals surface area contributed by atoms with E-state index in [2.05, 4.69) is 20.5 Å². The Bertz CT molecular complexity index is 1160. The monoisotopic (exact) mass is 409 g/mol. The van der Waals surface area contributed by atoms with Crippen LogP contribution in [0.25, 0.3) is 23.0 Å². The molecule has 9 heteroatoms. The average Bonchev–Trinajstić information content (AvgIpc) is 3.41.